The topological polar surface area (TPSA) is 80.0 Å². The zero-order valence-corrected chi connectivity index (χ0v) is 17.0. The predicted molar refractivity (Wildman–Crippen MR) is 109 cm³/mol. The normalized spacial score (nSPS) is 10.8. The molecule has 1 aromatic carbocycles. The SMILES string of the molecule is CN=C(NCCn1cccc1)NCc1cc(OC)c(O)c(OC)c1.I. The lowest BCUT2D eigenvalue weighted by Crippen LogP contribution is -2.38. The third kappa shape index (κ3) is 6.04. The number of aromatic nitrogens is 1. The number of benzene rings is 1. The molecular weight excluding hydrogens is 435 g/mol. The van der Waals surface area contributed by atoms with E-state index in [0.29, 0.717) is 24.0 Å². The molecule has 138 valence electrons. The molecule has 0 spiro atoms. The molecule has 2 rings (SSSR count). The van der Waals surface area contributed by atoms with E-state index in [2.05, 4.69) is 20.2 Å². The van der Waals surface area contributed by atoms with Gasteiger partial charge < -0.3 is 29.8 Å². The van der Waals surface area contributed by atoms with Gasteiger partial charge in [0.05, 0.1) is 14.2 Å². The number of hydrogen-bond acceptors (Lipinski definition) is 4. The molecule has 0 atom stereocenters. The zero-order chi connectivity index (χ0) is 17.4. The van der Waals surface area contributed by atoms with Crippen LogP contribution >= 0.6 is 24.0 Å². The summed E-state index contributed by atoms with van der Waals surface area (Å²) >= 11 is 0. The lowest BCUT2D eigenvalue weighted by molar-refractivity contribution is 0.339. The fraction of sp³-hybridized carbons (Fsp3) is 0.353. The Morgan fingerprint density at radius 1 is 1.12 bits per heavy atom. The van der Waals surface area contributed by atoms with Crippen LogP contribution in [0.2, 0.25) is 0 Å². The Hall–Kier alpha value is -2.10. The largest absolute Gasteiger partial charge is 0.502 e. The zero-order valence-electron chi connectivity index (χ0n) is 14.7. The third-order valence-corrected chi connectivity index (χ3v) is 3.55. The number of phenols is 1. The maximum atomic E-state index is 9.93. The van der Waals surface area contributed by atoms with Gasteiger partial charge in [0.15, 0.2) is 17.5 Å². The second-order valence-electron chi connectivity index (χ2n) is 5.12. The highest BCUT2D eigenvalue weighted by atomic mass is 127. The van der Waals surface area contributed by atoms with Gasteiger partial charge in [-0.05, 0) is 29.8 Å². The smallest absolute Gasteiger partial charge is 0.200 e. The number of halogens is 1. The van der Waals surface area contributed by atoms with Gasteiger partial charge in [0.2, 0.25) is 5.75 Å². The molecule has 0 bridgehead atoms. The number of hydrogen-bond donors (Lipinski definition) is 3. The summed E-state index contributed by atoms with van der Waals surface area (Å²) in [7, 11) is 4.74. The first-order valence-corrected chi connectivity index (χ1v) is 7.67. The third-order valence-electron chi connectivity index (χ3n) is 3.55. The van der Waals surface area contributed by atoms with E-state index in [0.717, 1.165) is 18.7 Å². The van der Waals surface area contributed by atoms with Gasteiger partial charge >= 0.3 is 0 Å². The molecule has 0 aliphatic carbocycles. The van der Waals surface area contributed by atoms with Crippen molar-refractivity contribution in [2.45, 2.75) is 13.1 Å². The summed E-state index contributed by atoms with van der Waals surface area (Å²) in [5.74, 6) is 1.45. The van der Waals surface area contributed by atoms with Crippen molar-refractivity contribution >= 4 is 29.9 Å². The highest BCUT2D eigenvalue weighted by Crippen LogP contribution is 2.36. The van der Waals surface area contributed by atoms with Crippen molar-refractivity contribution in [3.63, 3.8) is 0 Å². The van der Waals surface area contributed by atoms with Crippen LogP contribution in [-0.2, 0) is 13.1 Å². The molecule has 1 heterocycles. The van der Waals surface area contributed by atoms with Crippen LogP contribution in [0, 0.1) is 0 Å². The number of aromatic hydroxyl groups is 1. The molecule has 0 aliphatic heterocycles. The average molecular weight is 460 g/mol. The van der Waals surface area contributed by atoms with Gasteiger partial charge in [-0.15, -0.1) is 24.0 Å². The fourth-order valence-electron chi connectivity index (χ4n) is 2.28. The summed E-state index contributed by atoms with van der Waals surface area (Å²) in [6, 6.07) is 7.52. The summed E-state index contributed by atoms with van der Waals surface area (Å²) < 4.78 is 12.4. The van der Waals surface area contributed by atoms with E-state index in [1.807, 2.05) is 24.5 Å². The van der Waals surface area contributed by atoms with Crippen LogP contribution in [0.5, 0.6) is 17.2 Å². The Labute approximate surface area is 165 Å². The second kappa shape index (κ2) is 10.7. The van der Waals surface area contributed by atoms with E-state index in [9.17, 15) is 5.11 Å². The lowest BCUT2D eigenvalue weighted by atomic mass is 10.2. The summed E-state index contributed by atoms with van der Waals surface area (Å²) in [5.41, 5.74) is 0.912. The van der Waals surface area contributed by atoms with E-state index in [1.165, 1.54) is 14.2 Å². The summed E-state index contributed by atoms with van der Waals surface area (Å²) in [6.07, 6.45) is 4.04. The van der Waals surface area contributed by atoms with Crippen LogP contribution in [0.15, 0.2) is 41.7 Å². The monoisotopic (exact) mass is 460 g/mol. The number of nitrogens with one attached hydrogen (secondary N) is 2. The maximum absolute atomic E-state index is 9.93. The van der Waals surface area contributed by atoms with Crippen LogP contribution in [0.3, 0.4) is 0 Å². The number of methoxy groups -OCH3 is 2. The quantitative estimate of drug-likeness (QED) is 0.336. The molecule has 0 saturated carbocycles. The number of phenolic OH excluding ortho intramolecular Hbond substituents is 1. The van der Waals surface area contributed by atoms with Crippen molar-refractivity contribution in [2.24, 2.45) is 4.99 Å². The number of rotatable bonds is 7. The van der Waals surface area contributed by atoms with Gasteiger partial charge in [0, 0.05) is 39.1 Å². The molecule has 0 aliphatic rings. The van der Waals surface area contributed by atoms with Crippen LogP contribution in [0.25, 0.3) is 0 Å². The summed E-state index contributed by atoms with van der Waals surface area (Å²) in [6.45, 7) is 2.14. The summed E-state index contributed by atoms with van der Waals surface area (Å²) in [5, 5.41) is 16.4. The van der Waals surface area contributed by atoms with E-state index >= 15 is 0 Å². The van der Waals surface area contributed by atoms with Crippen LogP contribution in [-0.4, -0.2) is 43.4 Å². The van der Waals surface area contributed by atoms with Gasteiger partial charge in [-0.25, -0.2) is 0 Å². The summed E-state index contributed by atoms with van der Waals surface area (Å²) in [4.78, 5) is 4.20. The molecule has 25 heavy (non-hydrogen) atoms. The highest BCUT2D eigenvalue weighted by molar-refractivity contribution is 14.0. The van der Waals surface area contributed by atoms with E-state index in [1.54, 1.807) is 19.2 Å². The van der Waals surface area contributed by atoms with Crippen molar-refractivity contribution in [2.75, 3.05) is 27.8 Å². The molecule has 3 N–H and O–H groups in total. The van der Waals surface area contributed by atoms with Crippen molar-refractivity contribution in [3.05, 3.63) is 42.2 Å². The Balaban J connectivity index is 0.00000312. The highest BCUT2D eigenvalue weighted by Gasteiger charge is 2.11. The molecule has 0 fully saturated rings. The van der Waals surface area contributed by atoms with Crippen molar-refractivity contribution < 1.29 is 14.6 Å². The molecule has 0 unspecified atom stereocenters. The van der Waals surface area contributed by atoms with E-state index in [-0.39, 0.29) is 29.7 Å². The molecular formula is C17H25IN4O3. The molecule has 0 amide bonds. The van der Waals surface area contributed by atoms with Gasteiger partial charge in [-0.3, -0.25) is 4.99 Å². The van der Waals surface area contributed by atoms with Gasteiger partial charge in [-0.2, -0.15) is 0 Å². The standard InChI is InChI=1S/C17H24N4O3.HI/c1-18-17(19-6-9-21-7-4-5-8-21)20-12-13-10-14(23-2)16(22)15(11-13)24-3;/h4-5,7-8,10-11,22H,6,9,12H2,1-3H3,(H2,18,19,20);1H. The van der Waals surface area contributed by atoms with Crippen molar-refractivity contribution in [1.82, 2.24) is 15.2 Å². The Kier molecular flexibility index (Phi) is 8.96. The van der Waals surface area contributed by atoms with Crippen LogP contribution in [0.1, 0.15) is 5.56 Å². The molecule has 8 heteroatoms. The average Bonchev–Trinajstić information content (AvgIpc) is 3.12. The Morgan fingerprint density at radius 3 is 2.24 bits per heavy atom. The first-order chi connectivity index (χ1) is 11.7. The molecule has 2 aromatic rings. The number of guanidine groups is 1. The van der Waals surface area contributed by atoms with Gasteiger partial charge in [0.1, 0.15) is 0 Å². The van der Waals surface area contributed by atoms with Gasteiger partial charge in [0.25, 0.3) is 0 Å². The Bertz CT molecular complexity index is 650. The van der Waals surface area contributed by atoms with Crippen molar-refractivity contribution in [1.29, 1.82) is 0 Å². The number of ether oxygens (including phenoxy) is 2. The van der Waals surface area contributed by atoms with Gasteiger partial charge in [-0.1, -0.05) is 0 Å². The minimum Gasteiger partial charge on any atom is -0.502 e. The van der Waals surface area contributed by atoms with Crippen LogP contribution in [0.4, 0.5) is 0 Å². The van der Waals surface area contributed by atoms with Crippen LogP contribution < -0.4 is 20.1 Å². The maximum Gasteiger partial charge on any atom is 0.200 e. The molecule has 7 nitrogen and oxygen atoms in total. The predicted octanol–water partition coefficient (Wildman–Crippen LogP) is 2.19. The first kappa shape index (κ1) is 20.9. The minimum absolute atomic E-state index is 0. The van der Waals surface area contributed by atoms with Crippen molar-refractivity contribution in [3.8, 4) is 17.2 Å². The fourth-order valence-corrected chi connectivity index (χ4v) is 2.28. The second-order valence-corrected chi connectivity index (χ2v) is 5.12. The molecule has 0 saturated heterocycles. The van der Waals surface area contributed by atoms with E-state index in [4.69, 9.17) is 9.47 Å². The first-order valence-electron chi connectivity index (χ1n) is 7.67. The lowest BCUT2D eigenvalue weighted by Gasteiger charge is -2.14. The number of aliphatic imine (C=N–C) groups is 1. The molecule has 0 radical (unpaired) electrons. The van der Waals surface area contributed by atoms with E-state index < -0.39 is 0 Å². The minimum atomic E-state index is -0.00187. The number of nitrogens with zero attached hydrogens (tertiary/aromatic N) is 2. The molecule has 1 aromatic heterocycles. The Morgan fingerprint density at radius 2 is 1.72 bits per heavy atom.